The third-order valence-electron chi connectivity index (χ3n) is 6.85. The van der Waals surface area contributed by atoms with Crippen molar-refractivity contribution < 1.29 is 9.84 Å². The zero-order valence-corrected chi connectivity index (χ0v) is 20.4. The van der Waals surface area contributed by atoms with Crippen LogP contribution in [0.15, 0.2) is 109 Å². The van der Waals surface area contributed by atoms with Crippen LogP contribution in [0.5, 0.6) is 0 Å². The number of morpholine rings is 1. The van der Waals surface area contributed by atoms with Crippen LogP contribution in [0, 0.1) is 0 Å². The van der Waals surface area contributed by atoms with Crippen molar-refractivity contribution in [2.24, 2.45) is 0 Å². The van der Waals surface area contributed by atoms with Crippen molar-refractivity contribution in [1.29, 1.82) is 0 Å². The summed E-state index contributed by atoms with van der Waals surface area (Å²) in [5.41, 5.74) is 3.96. The first-order valence-electron chi connectivity index (χ1n) is 12.1. The molecule has 1 N–H and O–H groups in total. The highest BCUT2D eigenvalue weighted by Gasteiger charge is 2.42. The lowest BCUT2D eigenvalue weighted by atomic mass is 9.80. The molecule has 1 fully saturated rings. The van der Waals surface area contributed by atoms with E-state index in [4.69, 9.17) is 16.3 Å². The molecule has 0 bridgehead atoms. The van der Waals surface area contributed by atoms with Gasteiger partial charge >= 0.3 is 0 Å². The normalized spacial score (nSPS) is 18.2. The van der Waals surface area contributed by atoms with Crippen LogP contribution in [0.2, 0.25) is 5.02 Å². The molecule has 4 aromatic rings. The monoisotopic (exact) mass is 483 g/mol. The maximum absolute atomic E-state index is 12.4. The lowest BCUT2D eigenvalue weighted by Gasteiger charge is -2.43. The highest BCUT2D eigenvalue weighted by molar-refractivity contribution is 6.33. The third kappa shape index (κ3) is 5.34. The first-order chi connectivity index (χ1) is 17.1. The van der Waals surface area contributed by atoms with Gasteiger partial charge in [-0.05, 0) is 28.3 Å². The minimum atomic E-state index is -1.20. The van der Waals surface area contributed by atoms with E-state index in [1.807, 2.05) is 72.8 Å². The van der Waals surface area contributed by atoms with Crippen molar-refractivity contribution in [3.8, 4) is 11.1 Å². The van der Waals surface area contributed by atoms with Gasteiger partial charge in [-0.25, -0.2) is 0 Å². The maximum Gasteiger partial charge on any atom is 0.121 e. The quantitative estimate of drug-likeness (QED) is 0.333. The summed E-state index contributed by atoms with van der Waals surface area (Å²) in [6, 6.07) is 36.4. The summed E-state index contributed by atoms with van der Waals surface area (Å²) in [4.78, 5) is 2.37. The summed E-state index contributed by atoms with van der Waals surface area (Å²) in [5, 5.41) is 13.1. The Balaban J connectivity index is 1.49. The molecule has 0 radical (unpaired) electrons. The molecule has 0 aromatic heterocycles. The van der Waals surface area contributed by atoms with Crippen LogP contribution in [0.3, 0.4) is 0 Å². The van der Waals surface area contributed by atoms with Crippen LogP contribution in [-0.4, -0.2) is 35.8 Å². The smallest absolute Gasteiger partial charge is 0.121 e. The van der Waals surface area contributed by atoms with Gasteiger partial charge in [-0.1, -0.05) is 115 Å². The summed E-state index contributed by atoms with van der Waals surface area (Å²) >= 11 is 6.57. The molecule has 1 saturated heterocycles. The second kappa shape index (κ2) is 10.8. The Morgan fingerprint density at radius 2 is 1.43 bits per heavy atom. The molecular formula is C31H30ClNO2. The minimum absolute atomic E-state index is 0.373. The predicted molar refractivity (Wildman–Crippen MR) is 142 cm³/mol. The van der Waals surface area contributed by atoms with E-state index in [0.29, 0.717) is 24.6 Å². The van der Waals surface area contributed by atoms with Crippen molar-refractivity contribution in [2.45, 2.75) is 24.7 Å². The third-order valence-corrected chi connectivity index (χ3v) is 7.18. The molecule has 5 rings (SSSR count). The molecule has 4 heteroatoms. The molecule has 178 valence electrons. The van der Waals surface area contributed by atoms with E-state index < -0.39 is 5.60 Å². The fourth-order valence-corrected chi connectivity index (χ4v) is 5.25. The lowest BCUT2D eigenvalue weighted by molar-refractivity contribution is -0.149. The molecule has 0 aliphatic carbocycles. The Morgan fingerprint density at radius 1 is 0.800 bits per heavy atom. The van der Waals surface area contributed by atoms with Crippen molar-refractivity contribution in [3.63, 3.8) is 0 Å². The second-order valence-corrected chi connectivity index (χ2v) is 9.59. The number of benzene rings is 4. The van der Waals surface area contributed by atoms with Gasteiger partial charge in [-0.2, -0.15) is 0 Å². The Labute approximate surface area is 212 Å². The number of nitrogens with zero attached hydrogens (tertiary/aromatic N) is 1. The van der Waals surface area contributed by atoms with Gasteiger partial charge in [0, 0.05) is 36.6 Å². The molecule has 4 aromatic carbocycles. The largest absolute Gasteiger partial charge is 0.382 e. The summed E-state index contributed by atoms with van der Waals surface area (Å²) in [7, 11) is 0. The number of ether oxygens (including phenoxy) is 1. The van der Waals surface area contributed by atoms with Gasteiger partial charge in [0.15, 0.2) is 0 Å². The summed E-state index contributed by atoms with van der Waals surface area (Å²) in [6.45, 7) is 2.90. The molecule has 1 aliphatic rings. The van der Waals surface area contributed by atoms with Gasteiger partial charge in [0.2, 0.25) is 0 Å². The van der Waals surface area contributed by atoms with Crippen LogP contribution in [0.1, 0.15) is 16.7 Å². The van der Waals surface area contributed by atoms with Gasteiger partial charge in [-0.15, -0.1) is 0 Å². The van der Waals surface area contributed by atoms with Gasteiger partial charge < -0.3 is 9.84 Å². The predicted octanol–water partition coefficient (Wildman–Crippen LogP) is 6.34. The molecule has 3 nitrogen and oxygen atoms in total. The van der Waals surface area contributed by atoms with Crippen molar-refractivity contribution in [1.82, 2.24) is 4.90 Å². The highest BCUT2D eigenvalue weighted by Crippen LogP contribution is 2.38. The van der Waals surface area contributed by atoms with Crippen molar-refractivity contribution in [3.05, 3.63) is 131 Å². The molecule has 0 amide bonds. The molecule has 2 atom stereocenters. The van der Waals surface area contributed by atoms with Gasteiger partial charge in [0.05, 0.1) is 6.61 Å². The highest BCUT2D eigenvalue weighted by atomic mass is 35.5. The topological polar surface area (TPSA) is 32.7 Å². The van der Waals surface area contributed by atoms with Crippen LogP contribution >= 0.6 is 11.6 Å². The number of aliphatic hydroxyl groups is 1. The van der Waals surface area contributed by atoms with E-state index >= 15 is 0 Å². The standard InChI is InChI=1S/C31H30ClNO2/c32-29-18-10-9-17-28(29)27-16-8-7-13-25(27)21-31(34,26-14-5-2-6-15-26)30-23-33(19-20-35-30)22-24-11-3-1-4-12-24/h1-18,30,34H,19-23H2/t30-,31+/m0/s1. The molecule has 0 unspecified atom stereocenters. The molecule has 1 heterocycles. The SMILES string of the molecule is O[C@](Cc1ccccc1-c1ccccc1Cl)(c1ccccc1)[C@@H]1CN(Cc2ccccc2)CCO1. The summed E-state index contributed by atoms with van der Waals surface area (Å²) < 4.78 is 6.29. The maximum atomic E-state index is 12.4. The van der Waals surface area contributed by atoms with E-state index in [1.54, 1.807) is 0 Å². The molecule has 0 saturated carbocycles. The molecule has 1 aliphatic heterocycles. The van der Waals surface area contributed by atoms with Crippen LogP contribution in [0.25, 0.3) is 11.1 Å². The Bertz CT molecular complexity index is 1250. The van der Waals surface area contributed by atoms with Gasteiger partial charge in [-0.3, -0.25) is 4.90 Å². The summed E-state index contributed by atoms with van der Waals surface area (Å²) in [5.74, 6) is 0. The average molecular weight is 484 g/mol. The molecule has 35 heavy (non-hydrogen) atoms. The Kier molecular flexibility index (Phi) is 7.31. The average Bonchev–Trinajstić information content (AvgIpc) is 2.91. The zero-order chi connectivity index (χ0) is 24.1. The lowest BCUT2D eigenvalue weighted by Crippen LogP contribution is -2.53. The van der Waals surface area contributed by atoms with Crippen LogP contribution in [0.4, 0.5) is 0 Å². The van der Waals surface area contributed by atoms with E-state index in [1.165, 1.54) is 5.56 Å². The van der Waals surface area contributed by atoms with E-state index in [9.17, 15) is 5.11 Å². The van der Waals surface area contributed by atoms with E-state index in [-0.39, 0.29) is 6.10 Å². The summed E-state index contributed by atoms with van der Waals surface area (Å²) in [6.07, 6.45) is 0.0454. The first-order valence-corrected chi connectivity index (χ1v) is 12.5. The number of hydrogen-bond acceptors (Lipinski definition) is 3. The Hall–Kier alpha value is -2.95. The molecule has 0 spiro atoms. The minimum Gasteiger partial charge on any atom is -0.382 e. The van der Waals surface area contributed by atoms with E-state index in [0.717, 1.165) is 35.3 Å². The van der Waals surface area contributed by atoms with Crippen molar-refractivity contribution in [2.75, 3.05) is 19.7 Å². The second-order valence-electron chi connectivity index (χ2n) is 9.18. The number of halogens is 1. The number of rotatable bonds is 7. The first kappa shape index (κ1) is 23.8. The molecular weight excluding hydrogens is 454 g/mol. The zero-order valence-electron chi connectivity index (χ0n) is 19.7. The van der Waals surface area contributed by atoms with Crippen LogP contribution < -0.4 is 0 Å². The fraction of sp³-hybridized carbons (Fsp3) is 0.226. The van der Waals surface area contributed by atoms with Crippen molar-refractivity contribution >= 4 is 11.6 Å². The fourth-order valence-electron chi connectivity index (χ4n) is 5.01. The van der Waals surface area contributed by atoms with Gasteiger partial charge in [0.25, 0.3) is 0 Å². The van der Waals surface area contributed by atoms with Gasteiger partial charge in [0.1, 0.15) is 11.7 Å². The van der Waals surface area contributed by atoms with Crippen LogP contribution in [-0.2, 0) is 23.3 Å². The van der Waals surface area contributed by atoms with E-state index in [2.05, 4.69) is 41.3 Å². The Morgan fingerprint density at radius 3 is 2.17 bits per heavy atom. The number of hydrogen-bond donors (Lipinski definition) is 1.